The summed E-state index contributed by atoms with van der Waals surface area (Å²) in [5.74, 6) is 1.15. The van der Waals surface area contributed by atoms with Gasteiger partial charge in [-0.25, -0.2) is 0 Å². The second-order valence-corrected chi connectivity index (χ2v) is 4.87. The van der Waals surface area contributed by atoms with Crippen LogP contribution >= 0.6 is 15.9 Å². The first kappa shape index (κ1) is 12.0. The highest BCUT2D eigenvalue weighted by atomic mass is 79.9. The van der Waals surface area contributed by atoms with E-state index < -0.39 is 0 Å². The predicted molar refractivity (Wildman–Crippen MR) is 77.1 cm³/mol. The van der Waals surface area contributed by atoms with E-state index in [9.17, 15) is 0 Å². The van der Waals surface area contributed by atoms with Gasteiger partial charge in [-0.2, -0.15) is 0 Å². The molecule has 0 bridgehead atoms. The molecule has 2 heterocycles. The third-order valence-corrected chi connectivity index (χ3v) is 3.58. The Labute approximate surface area is 118 Å². The molecule has 19 heavy (non-hydrogen) atoms. The fraction of sp³-hybridized carbons (Fsp3) is 0.0769. The number of rotatable bonds is 2. The SMILES string of the molecule is COc1ccc(-c2nnc(N)n3cccc23)c(Br)c1. The van der Waals surface area contributed by atoms with Crippen LogP contribution in [0.4, 0.5) is 5.95 Å². The molecule has 0 aliphatic carbocycles. The number of nitrogens with two attached hydrogens (primary N) is 1. The van der Waals surface area contributed by atoms with Crippen molar-refractivity contribution in [2.24, 2.45) is 0 Å². The molecule has 0 amide bonds. The summed E-state index contributed by atoms with van der Waals surface area (Å²) in [6.07, 6.45) is 1.86. The van der Waals surface area contributed by atoms with Gasteiger partial charge >= 0.3 is 0 Å². The minimum Gasteiger partial charge on any atom is -0.497 e. The molecule has 0 aliphatic heterocycles. The average molecular weight is 319 g/mol. The van der Waals surface area contributed by atoms with Gasteiger partial charge in [-0.1, -0.05) is 0 Å². The maximum Gasteiger partial charge on any atom is 0.225 e. The second-order valence-electron chi connectivity index (χ2n) is 4.02. The number of ether oxygens (including phenoxy) is 1. The number of aromatic nitrogens is 3. The fourth-order valence-electron chi connectivity index (χ4n) is 1.98. The van der Waals surface area contributed by atoms with Gasteiger partial charge in [-0.05, 0) is 46.3 Å². The van der Waals surface area contributed by atoms with Gasteiger partial charge in [0.15, 0.2) is 0 Å². The zero-order chi connectivity index (χ0) is 13.4. The van der Waals surface area contributed by atoms with Crippen molar-refractivity contribution in [3.63, 3.8) is 0 Å². The summed E-state index contributed by atoms with van der Waals surface area (Å²) in [6.45, 7) is 0. The van der Waals surface area contributed by atoms with Gasteiger partial charge in [-0.3, -0.25) is 4.40 Å². The highest BCUT2D eigenvalue weighted by molar-refractivity contribution is 9.10. The molecule has 0 saturated heterocycles. The van der Waals surface area contributed by atoms with Crippen molar-refractivity contribution in [3.05, 3.63) is 41.0 Å². The zero-order valence-electron chi connectivity index (χ0n) is 10.2. The van der Waals surface area contributed by atoms with Crippen LogP contribution in [-0.2, 0) is 0 Å². The summed E-state index contributed by atoms with van der Waals surface area (Å²) in [4.78, 5) is 0. The normalized spacial score (nSPS) is 10.8. The lowest BCUT2D eigenvalue weighted by Gasteiger charge is -2.08. The van der Waals surface area contributed by atoms with Gasteiger partial charge < -0.3 is 10.5 Å². The number of nitrogen functional groups attached to an aromatic ring is 1. The minimum absolute atomic E-state index is 0.369. The number of hydrogen-bond acceptors (Lipinski definition) is 4. The molecule has 0 spiro atoms. The highest BCUT2D eigenvalue weighted by Crippen LogP contribution is 2.32. The zero-order valence-corrected chi connectivity index (χ0v) is 11.8. The fourth-order valence-corrected chi connectivity index (χ4v) is 2.53. The molecule has 0 atom stereocenters. The molecule has 1 aromatic carbocycles. The maximum atomic E-state index is 5.79. The van der Waals surface area contributed by atoms with E-state index in [4.69, 9.17) is 10.5 Å². The number of hydrogen-bond donors (Lipinski definition) is 1. The van der Waals surface area contributed by atoms with Gasteiger partial charge in [0.25, 0.3) is 0 Å². The van der Waals surface area contributed by atoms with Crippen LogP contribution in [0.15, 0.2) is 41.0 Å². The topological polar surface area (TPSA) is 65.4 Å². The predicted octanol–water partition coefficient (Wildman–Crippen LogP) is 2.75. The molecule has 0 aliphatic rings. The lowest BCUT2D eigenvalue weighted by molar-refractivity contribution is 0.414. The summed E-state index contributed by atoms with van der Waals surface area (Å²) >= 11 is 3.53. The molecular weight excluding hydrogens is 308 g/mol. The number of anilines is 1. The molecule has 5 nitrogen and oxygen atoms in total. The second kappa shape index (κ2) is 4.55. The molecule has 0 radical (unpaired) electrons. The molecule has 3 aromatic rings. The van der Waals surface area contributed by atoms with E-state index >= 15 is 0 Å². The van der Waals surface area contributed by atoms with Gasteiger partial charge in [0.1, 0.15) is 11.4 Å². The molecule has 2 N–H and O–H groups in total. The number of benzene rings is 1. The van der Waals surface area contributed by atoms with Crippen molar-refractivity contribution in [3.8, 4) is 17.0 Å². The van der Waals surface area contributed by atoms with Gasteiger partial charge in [0.05, 0.1) is 12.6 Å². The van der Waals surface area contributed by atoms with Crippen molar-refractivity contribution >= 4 is 27.4 Å². The quantitative estimate of drug-likeness (QED) is 0.789. The van der Waals surface area contributed by atoms with Crippen molar-refractivity contribution in [2.45, 2.75) is 0 Å². The minimum atomic E-state index is 0.369. The van der Waals surface area contributed by atoms with E-state index in [1.165, 1.54) is 0 Å². The van der Waals surface area contributed by atoms with E-state index in [-0.39, 0.29) is 0 Å². The van der Waals surface area contributed by atoms with Crippen LogP contribution in [0.5, 0.6) is 5.75 Å². The molecular formula is C13H11BrN4O. The third kappa shape index (κ3) is 1.94. The van der Waals surface area contributed by atoms with Crippen molar-refractivity contribution in [1.82, 2.24) is 14.6 Å². The third-order valence-electron chi connectivity index (χ3n) is 2.92. The Balaban J connectivity index is 2.25. The molecule has 3 rings (SSSR count). The van der Waals surface area contributed by atoms with Crippen LogP contribution in [-0.4, -0.2) is 21.7 Å². The largest absolute Gasteiger partial charge is 0.497 e. The van der Waals surface area contributed by atoms with E-state index in [1.54, 1.807) is 11.5 Å². The molecule has 2 aromatic heterocycles. The van der Waals surface area contributed by atoms with Crippen LogP contribution in [0.1, 0.15) is 0 Å². The smallest absolute Gasteiger partial charge is 0.225 e. The van der Waals surface area contributed by atoms with Crippen LogP contribution in [0.3, 0.4) is 0 Å². The lowest BCUT2D eigenvalue weighted by Crippen LogP contribution is -2.03. The van der Waals surface area contributed by atoms with Crippen LogP contribution < -0.4 is 10.5 Å². The highest BCUT2D eigenvalue weighted by Gasteiger charge is 2.12. The molecule has 0 saturated carbocycles. The first-order valence-electron chi connectivity index (χ1n) is 5.64. The molecule has 0 unspecified atom stereocenters. The van der Waals surface area contributed by atoms with Gasteiger partial charge in [-0.15, -0.1) is 10.2 Å². The Morgan fingerprint density at radius 3 is 2.84 bits per heavy atom. The number of nitrogens with zero attached hydrogens (tertiary/aromatic N) is 3. The number of methoxy groups -OCH3 is 1. The Bertz CT molecular complexity index is 753. The van der Waals surface area contributed by atoms with Crippen molar-refractivity contribution in [2.75, 3.05) is 12.8 Å². The van der Waals surface area contributed by atoms with Crippen LogP contribution in [0.25, 0.3) is 16.8 Å². The van der Waals surface area contributed by atoms with Crippen molar-refractivity contribution < 1.29 is 4.74 Å². The van der Waals surface area contributed by atoms with E-state index in [0.717, 1.165) is 27.0 Å². The summed E-state index contributed by atoms with van der Waals surface area (Å²) in [5, 5.41) is 8.18. The first-order chi connectivity index (χ1) is 9.20. The molecule has 96 valence electrons. The first-order valence-corrected chi connectivity index (χ1v) is 6.43. The monoisotopic (exact) mass is 318 g/mol. The van der Waals surface area contributed by atoms with Crippen molar-refractivity contribution in [1.29, 1.82) is 0 Å². The Hall–Kier alpha value is -2.08. The Morgan fingerprint density at radius 2 is 2.11 bits per heavy atom. The van der Waals surface area contributed by atoms with E-state index in [1.807, 2.05) is 36.5 Å². The van der Waals surface area contributed by atoms with E-state index in [0.29, 0.717) is 5.95 Å². The van der Waals surface area contributed by atoms with Crippen LogP contribution in [0.2, 0.25) is 0 Å². The number of fused-ring (bicyclic) bond motifs is 1. The molecule has 6 heteroatoms. The van der Waals surface area contributed by atoms with E-state index in [2.05, 4.69) is 26.1 Å². The Kier molecular flexibility index (Phi) is 2.87. The molecule has 0 fully saturated rings. The maximum absolute atomic E-state index is 5.79. The summed E-state index contributed by atoms with van der Waals surface area (Å²) < 4.78 is 7.89. The van der Waals surface area contributed by atoms with Gasteiger partial charge in [0.2, 0.25) is 5.95 Å². The van der Waals surface area contributed by atoms with Gasteiger partial charge in [0, 0.05) is 16.2 Å². The summed E-state index contributed by atoms with van der Waals surface area (Å²) in [7, 11) is 1.63. The average Bonchev–Trinajstić information content (AvgIpc) is 2.90. The summed E-state index contributed by atoms with van der Waals surface area (Å²) in [6, 6.07) is 9.59. The summed E-state index contributed by atoms with van der Waals surface area (Å²) in [5.41, 5.74) is 8.42. The lowest BCUT2D eigenvalue weighted by atomic mass is 10.1. The Morgan fingerprint density at radius 1 is 1.26 bits per heavy atom. The standard InChI is InChI=1S/C13H11BrN4O/c1-19-8-4-5-9(10(14)7-8)12-11-3-2-6-18(11)13(15)17-16-12/h2-7H,1H3,(H2,15,17). The van der Waals surface area contributed by atoms with Crippen LogP contribution in [0, 0.1) is 0 Å². The number of halogens is 1.